The number of halogens is 3. The van der Waals surface area contributed by atoms with E-state index in [2.05, 4.69) is 10.7 Å². The van der Waals surface area contributed by atoms with Crippen LogP contribution in [0.4, 0.5) is 13.2 Å². The molecule has 0 amide bonds. The number of methoxy groups -OCH3 is 1. The average molecular weight is 314 g/mol. The summed E-state index contributed by atoms with van der Waals surface area (Å²) in [5, 5.41) is -1.56. The molecule has 1 atom stereocenters. The van der Waals surface area contributed by atoms with Gasteiger partial charge in [-0.05, 0) is 12.8 Å². The van der Waals surface area contributed by atoms with Crippen LogP contribution in [0.15, 0.2) is 0 Å². The lowest BCUT2D eigenvalue weighted by atomic mass is 10.1. The van der Waals surface area contributed by atoms with Gasteiger partial charge in [0.15, 0.2) is 15.1 Å². The molecule has 0 aromatic heterocycles. The molecular weight excluding hydrogens is 297 g/mol. The molecule has 4 nitrogen and oxygen atoms in total. The van der Waals surface area contributed by atoms with Crippen LogP contribution in [0, 0.1) is 12.3 Å². The molecule has 0 saturated carbocycles. The maximum atomic E-state index is 12.1. The minimum absolute atomic E-state index is 0.0887. The maximum Gasteiger partial charge on any atom is 0.390 e. The molecule has 0 N–H and O–H groups in total. The Morgan fingerprint density at radius 1 is 1.35 bits per heavy atom. The Bertz CT molecular complexity index is 448. The Hall–Kier alpha value is -1.23. The van der Waals surface area contributed by atoms with E-state index < -0.39 is 39.4 Å². The molecule has 0 aliphatic carbocycles. The van der Waals surface area contributed by atoms with Gasteiger partial charge in [-0.3, -0.25) is 4.79 Å². The highest BCUT2D eigenvalue weighted by Gasteiger charge is 2.37. The van der Waals surface area contributed by atoms with Gasteiger partial charge in [0.2, 0.25) is 0 Å². The van der Waals surface area contributed by atoms with Crippen molar-refractivity contribution >= 4 is 15.8 Å². The van der Waals surface area contributed by atoms with Gasteiger partial charge in [-0.1, -0.05) is 6.42 Å². The molecule has 0 aliphatic heterocycles. The lowest BCUT2D eigenvalue weighted by Crippen LogP contribution is -2.34. The highest BCUT2D eigenvalue weighted by atomic mass is 32.2. The van der Waals surface area contributed by atoms with Crippen molar-refractivity contribution in [3.8, 4) is 12.3 Å². The van der Waals surface area contributed by atoms with Crippen LogP contribution < -0.4 is 0 Å². The first-order valence-corrected chi connectivity index (χ1v) is 7.65. The van der Waals surface area contributed by atoms with Crippen LogP contribution in [-0.2, 0) is 19.4 Å². The van der Waals surface area contributed by atoms with Gasteiger partial charge < -0.3 is 4.74 Å². The molecular formula is C12H17F3O4S. The minimum atomic E-state index is -4.59. The third kappa shape index (κ3) is 7.38. The Kier molecular flexibility index (Phi) is 7.64. The van der Waals surface area contributed by atoms with Gasteiger partial charge in [-0.2, -0.15) is 13.2 Å². The number of esters is 1. The largest absolute Gasteiger partial charge is 0.468 e. The van der Waals surface area contributed by atoms with Crippen LogP contribution in [0.1, 0.15) is 32.1 Å². The van der Waals surface area contributed by atoms with Crippen molar-refractivity contribution in [2.24, 2.45) is 0 Å². The van der Waals surface area contributed by atoms with Crippen molar-refractivity contribution in [3.05, 3.63) is 0 Å². The number of hydrogen-bond donors (Lipinski definition) is 0. The van der Waals surface area contributed by atoms with Gasteiger partial charge >= 0.3 is 12.1 Å². The van der Waals surface area contributed by atoms with Crippen LogP contribution >= 0.6 is 0 Å². The number of terminal acetylenes is 1. The van der Waals surface area contributed by atoms with Gasteiger partial charge in [0.25, 0.3) is 0 Å². The topological polar surface area (TPSA) is 60.4 Å². The molecule has 0 radical (unpaired) electrons. The summed E-state index contributed by atoms with van der Waals surface area (Å²) in [4.78, 5) is 11.4. The number of unbranched alkanes of at least 4 members (excludes halogenated alkanes) is 2. The van der Waals surface area contributed by atoms with E-state index in [-0.39, 0.29) is 6.42 Å². The van der Waals surface area contributed by atoms with E-state index in [9.17, 15) is 26.4 Å². The number of alkyl halides is 3. The number of hydrogen-bond acceptors (Lipinski definition) is 4. The quantitative estimate of drug-likeness (QED) is 0.391. The molecule has 0 aromatic carbocycles. The summed E-state index contributed by atoms with van der Waals surface area (Å²) in [6.45, 7) is 0. The molecule has 20 heavy (non-hydrogen) atoms. The second-order valence-corrected chi connectivity index (χ2v) is 6.50. The van der Waals surface area contributed by atoms with Crippen molar-refractivity contribution in [1.82, 2.24) is 0 Å². The summed E-state index contributed by atoms with van der Waals surface area (Å²) >= 11 is 0. The average Bonchev–Trinajstić information content (AvgIpc) is 2.35. The van der Waals surface area contributed by atoms with Gasteiger partial charge in [0.05, 0.1) is 19.3 Å². The molecule has 0 aromatic rings. The molecule has 0 fully saturated rings. The molecule has 0 spiro atoms. The molecule has 0 bridgehead atoms. The highest BCUT2D eigenvalue weighted by molar-refractivity contribution is 7.92. The maximum absolute atomic E-state index is 12.1. The summed E-state index contributed by atoms with van der Waals surface area (Å²) in [5.74, 6) is 0.200. The van der Waals surface area contributed by atoms with E-state index in [0.29, 0.717) is 19.3 Å². The first-order valence-electron chi connectivity index (χ1n) is 5.93. The summed E-state index contributed by atoms with van der Waals surface area (Å²) in [7, 11) is -3.20. The molecule has 0 saturated heterocycles. The normalized spacial score (nSPS) is 13.6. The van der Waals surface area contributed by atoms with Crippen LogP contribution in [0.25, 0.3) is 0 Å². The molecule has 1 unspecified atom stereocenters. The zero-order chi connectivity index (χ0) is 15.8. The van der Waals surface area contributed by atoms with E-state index in [1.54, 1.807) is 0 Å². The molecule has 8 heteroatoms. The van der Waals surface area contributed by atoms with Crippen molar-refractivity contribution in [2.45, 2.75) is 43.5 Å². The summed E-state index contributed by atoms with van der Waals surface area (Å²) < 4.78 is 64.2. The fraction of sp³-hybridized carbons (Fsp3) is 0.750. The molecule has 116 valence electrons. The number of ether oxygens (including phenoxy) is 1. The van der Waals surface area contributed by atoms with Gasteiger partial charge in [0.1, 0.15) is 0 Å². The zero-order valence-electron chi connectivity index (χ0n) is 11.1. The van der Waals surface area contributed by atoms with Gasteiger partial charge in [0, 0.05) is 6.42 Å². The van der Waals surface area contributed by atoms with E-state index in [1.807, 2.05) is 0 Å². The molecule has 0 rings (SSSR count). The lowest BCUT2D eigenvalue weighted by Gasteiger charge is -2.16. The fourth-order valence-electron chi connectivity index (χ4n) is 1.53. The summed E-state index contributed by atoms with van der Waals surface area (Å²) in [6, 6.07) is 0. The number of carbonyl (C=O) groups excluding carboxylic acids is 1. The van der Waals surface area contributed by atoms with E-state index in [0.717, 1.165) is 7.11 Å². The summed E-state index contributed by atoms with van der Waals surface area (Å²) in [5.41, 5.74) is 0. The fourth-order valence-corrected chi connectivity index (χ4v) is 3.25. The second kappa shape index (κ2) is 8.15. The Morgan fingerprint density at radius 2 is 1.95 bits per heavy atom. The molecule has 0 heterocycles. The minimum Gasteiger partial charge on any atom is -0.468 e. The Balaban J connectivity index is 4.75. The second-order valence-electron chi connectivity index (χ2n) is 4.19. The number of sulfone groups is 1. The van der Waals surface area contributed by atoms with Gasteiger partial charge in [-0.15, -0.1) is 12.3 Å². The first-order chi connectivity index (χ1) is 9.14. The van der Waals surface area contributed by atoms with Crippen molar-refractivity contribution < 1.29 is 31.1 Å². The van der Waals surface area contributed by atoms with E-state index >= 15 is 0 Å². The predicted octanol–water partition coefficient (Wildman–Crippen LogP) is 2.09. The van der Waals surface area contributed by atoms with Gasteiger partial charge in [-0.25, -0.2) is 8.42 Å². The highest BCUT2D eigenvalue weighted by Crippen LogP contribution is 2.23. The third-order valence-electron chi connectivity index (χ3n) is 2.61. The van der Waals surface area contributed by atoms with Crippen LogP contribution in [0.3, 0.4) is 0 Å². The van der Waals surface area contributed by atoms with Crippen molar-refractivity contribution in [2.75, 3.05) is 12.9 Å². The van der Waals surface area contributed by atoms with E-state index in [4.69, 9.17) is 6.42 Å². The smallest absolute Gasteiger partial charge is 0.390 e. The predicted molar refractivity (Wildman–Crippen MR) is 67.6 cm³/mol. The van der Waals surface area contributed by atoms with Crippen LogP contribution in [-0.4, -0.2) is 38.7 Å². The first kappa shape index (κ1) is 18.8. The summed E-state index contributed by atoms with van der Waals surface area (Å²) in [6.07, 6.45) is 0.115. The Morgan fingerprint density at radius 3 is 2.40 bits per heavy atom. The van der Waals surface area contributed by atoms with Crippen molar-refractivity contribution in [3.63, 3.8) is 0 Å². The Labute approximate surface area is 116 Å². The van der Waals surface area contributed by atoms with E-state index in [1.165, 1.54) is 0 Å². The van der Waals surface area contributed by atoms with Crippen LogP contribution in [0.5, 0.6) is 0 Å². The monoisotopic (exact) mass is 314 g/mol. The standard InChI is InChI=1S/C12H17F3O4S/c1-3-4-5-6-7-10(11(16)19-2)20(17,18)9-8-12(13,14)15/h1,10H,4-9H2,2H3. The van der Waals surface area contributed by atoms with Crippen LogP contribution in [0.2, 0.25) is 0 Å². The van der Waals surface area contributed by atoms with Crippen molar-refractivity contribution in [1.29, 1.82) is 0 Å². The molecule has 0 aliphatic rings. The number of carbonyl (C=O) groups is 1. The SMILES string of the molecule is C#CCCCCC(C(=O)OC)S(=O)(=O)CCC(F)(F)F. The lowest BCUT2D eigenvalue weighted by molar-refractivity contribution is -0.140. The zero-order valence-corrected chi connectivity index (χ0v) is 11.9. The number of rotatable bonds is 8. The third-order valence-corrected chi connectivity index (χ3v) is 4.67.